The highest BCUT2D eigenvalue weighted by atomic mass is 19.4. The van der Waals surface area contributed by atoms with Gasteiger partial charge in [-0.15, -0.1) is 0 Å². The highest BCUT2D eigenvalue weighted by Gasteiger charge is 2.31. The summed E-state index contributed by atoms with van der Waals surface area (Å²) in [6.07, 6.45) is -3.20. The van der Waals surface area contributed by atoms with Gasteiger partial charge in [0.1, 0.15) is 5.84 Å². The number of urea groups is 1. The Morgan fingerprint density at radius 3 is 2.56 bits per heavy atom. The zero-order chi connectivity index (χ0) is 28.6. The van der Waals surface area contributed by atoms with Crippen molar-refractivity contribution in [3.63, 3.8) is 0 Å². The van der Waals surface area contributed by atoms with Gasteiger partial charge in [0.25, 0.3) is 0 Å². The standard InChI is InChI=1S/C29H36F3N5O2/c1-3-20-7-10-22(11-8-20)27(34)37(14-13-29(30,31)32)28(39)35-17-25(33)24-12-9-21(18-38)16-26(24)36-23-6-4-5-19(2)15-23/h4-8,10-11,15,21,34,38H,3,9,12-14,16-18,33H2,1-2H3,(H,35,39)/b25-24-,34-27?,36-26?. The van der Waals surface area contributed by atoms with E-state index in [0.717, 1.165) is 39.4 Å². The van der Waals surface area contributed by atoms with Crippen LogP contribution < -0.4 is 11.1 Å². The summed E-state index contributed by atoms with van der Waals surface area (Å²) in [4.78, 5) is 18.6. The minimum atomic E-state index is -4.49. The van der Waals surface area contributed by atoms with Crippen LogP contribution in [0.15, 0.2) is 64.8 Å². The molecule has 5 N–H and O–H groups in total. The smallest absolute Gasteiger partial charge is 0.390 e. The van der Waals surface area contributed by atoms with E-state index in [4.69, 9.17) is 16.1 Å². The molecule has 7 nitrogen and oxygen atoms in total. The summed E-state index contributed by atoms with van der Waals surface area (Å²) in [6.45, 7) is 3.14. The molecule has 0 saturated heterocycles. The number of nitrogens with two attached hydrogens (primary N) is 1. The molecule has 0 radical (unpaired) electrons. The van der Waals surface area contributed by atoms with Gasteiger partial charge in [0.2, 0.25) is 0 Å². The molecule has 1 fully saturated rings. The number of nitrogens with one attached hydrogen (secondary N) is 2. The molecule has 0 spiro atoms. The van der Waals surface area contributed by atoms with Gasteiger partial charge in [0, 0.05) is 30.1 Å². The van der Waals surface area contributed by atoms with Crippen molar-refractivity contribution in [1.82, 2.24) is 10.2 Å². The Kier molecular flexibility index (Phi) is 10.3. The van der Waals surface area contributed by atoms with E-state index in [-0.39, 0.29) is 24.9 Å². The zero-order valence-corrected chi connectivity index (χ0v) is 22.3. The molecule has 210 valence electrons. The molecule has 1 unspecified atom stereocenters. The summed E-state index contributed by atoms with van der Waals surface area (Å²) in [6, 6.07) is 13.6. The molecule has 2 aromatic rings. The third kappa shape index (κ3) is 8.68. The Morgan fingerprint density at radius 1 is 1.23 bits per heavy atom. The average molecular weight is 544 g/mol. The van der Waals surface area contributed by atoms with Gasteiger partial charge in [0.15, 0.2) is 0 Å². The van der Waals surface area contributed by atoms with Crippen LogP contribution in [0.5, 0.6) is 0 Å². The highest BCUT2D eigenvalue weighted by molar-refractivity contribution is 6.06. The lowest BCUT2D eigenvalue weighted by Gasteiger charge is -2.27. The number of hydrogen-bond donors (Lipinski definition) is 4. The summed E-state index contributed by atoms with van der Waals surface area (Å²) in [5, 5.41) is 20.8. The van der Waals surface area contributed by atoms with Crippen LogP contribution in [0.3, 0.4) is 0 Å². The van der Waals surface area contributed by atoms with E-state index < -0.39 is 25.2 Å². The van der Waals surface area contributed by atoms with E-state index >= 15 is 0 Å². The zero-order valence-electron chi connectivity index (χ0n) is 22.3. The minimum Gasteiger partial charge on any atom is -0.400 e. The monoisotopic (exact) mass is 543 g/mol. The van der Waals surface area contributed by atoms with Crippen molar-refractivity contribution in [1.29, 1.82) is 5.41 Å². The van der Waals surface area contributed by atoms with Gasteiger partial charge in [-0.25, -0.2) is 4.79 Å². The predicted molar refractivity (Wildman–Crippen MR) is 147 cm³/mol. The third-order valence-corrected chi connectivity index (χ3v) is 6.74. The first-order chi connectivity index (χ1) is 18.5. The van der Waals surface area contributed by atoms with Crippen LogP contribution in [0.2, 0.25) is 0 Å². The number of aliphatic hydroxyl groups is 1. The number of nitrogens with zero attached hydrogens (tertiary/aromatic N) is 2. The fourth-order valence-corrected chi connectivity index (χ4v) is 4.44. The first kappa shape index (κ1) is 29.9. The lowest BCUT2D eigenvalue weighted by molar-refractivity contribution is -0.135. The molecule has 2 amide bonds. The number of amides is 2. The van der Waals surface area contributed by atoms with Gasteiger partial charge in [-0.2, -0.15) is 13.2 Å². The van der Waals surface area contributed by atoms with Crippen molar-refractivity contribution in [2.24, 2.45) is 16.6 Å². The van der Waals surface area contributed by atoms with Crippen LogP contribution in [0, 0.1) is 18.3 Å². The number of carbonyl (C=O) groups is 1. The number of amidine groups is 1. The van der Waals surface area contributed by atoms with Gasteiger partial charge in [-0.1, -0.05) is 43.3 Å². The Hall–Kier alpha value is -3.66. The number of alkyl halides is 3. The second-order valence-electron chi connectivity index (χ2n) is 9.77. The number of aliphatic imine (C=N–C) groups is 1. The van der Waals surface area contributed by atoms with E-state index in [1.807, 2.05) is 38.1 Å². The second-order valence-corrected chi connectivity index (χ2v) is 9.77. The Balaban J connectivity index is 1.81. The maximum absolute atomic E-state index is 13.1. The van der Waals surface area contributed by atoms with Gasteiger partial charge in [-0.05, 0) is 67.4 Å². The molecular weight excluding hydrogens is 507 g/mol. The quantitative estimate of drug-likeness (QED) is 0.256. The number of carbonyl (C=O) groups excluding carboxylic acids is 1. The van der Waals surface area contributed by atoms with E-state index in [1.165, 1.54) is 0 Å². The summed E-state index contributed by atoms with van der Waals surface area (Å²) in [5.74, 6) is -0.284. The fourth-order valence-electron chi connectivity index (χ4n) is 4.44. The van der Waals surface area contributed by atoms with E-state index in [1.54, 1.807) is 24.3 Å². The van der Waals surface area contributed by atoms with Crippen LogP contribution in [0.25, 0.3) is 0 Å². The number of rotatable bonds is 8. The van der Waals surface area contributed by atoms with Gasteiger partial charge in [-0.3, -0.25) is 15.3 Å². The van der Waals surface area contributed by atoms with Crippen molar-refractivity contribution in [3.8, 4) is 0 Å². The van der Waals surface area contributed by atoms with Crippen molar-refractivity contribution in [3.05, 3.63) is 76.5 Å². The van der Waals surface area contributed by atoms with Crippen molar-refractivity contribution >= 4 is 23.3 Å². The molecule has 1 saturated carbocycles. The lowest BCUT2D eigenvalue weighted by Crippen LogP contribution is -2.46. The van der Waals surface area contributed by atoms with Gasteiger partial charge < -0.3 is 16.2 Å². The van der Waals surface area contributed by atoms with E-state index in [0.29, 0.717) is 30.5 Å². The highest BCUT2D eigenvalue weighted by Crippen LogP contribution is 2.30. The average Bonchev–Trinajstić information content (AvgIpc) is 2.91. The molecule has 2 aromatic carbocycles. The van der Waals surface area contributed by atoms with Gasteiger partial charge in [0.05, 0.1) is 18.7 Å². The number of aryl methyl sites for hydroxylation is 2. The maximum Gasteiger partial charge on any atom is 0.390 e. The van der Waals surface area contributed by atoms with Crippen LogP contribution in [0.1, 0.15) is 49.3 Å². The first-order valence-corrected chi connectivity index (χ1v) is 13.0. The van der Waals surface area contributed by atoms with Crippen molar-refractivity contribution in [2.45, 2.75) is 52.1 Å². The van der Waals surface area contributed by atoms with Crippen LogP contribution >= 0.6 is 0 Å². The second kappa shape index (κ2) is 13.4. The lowest BCUT2D eigenvalue weighted by atomic mass is 9.83. The molecule has 10 heteroatoms. The largest absolute Gasteiger partial charge is 0.400 e. The van der Waals surface area contributed by atoms with E-state index in [9.17, 15) is 23.1 Å². The molecule has 0 heterocycles. The summed E-state index contributed by atoms with van der Waals surface area (Å²) < 4.78 is 39.1. The SMILES string of the molecule is CCc1ccc(C(=N)N(CCC(F)(F)F)C(=O)NC/C(N)=C2\CCC(CO)CC2=Nc2cccc(C)c2)cc1. The number of hydrogen-bond acceptors (Lipinski definition) is 5. The third-order valence-electron chi connectivity index (χ3n) is 6.74. The molecule has 1 aliphatic rings. The normalized spacial score (nSPS) is 18.1. The van der Waals surface area contributed by atoms with Crippen LogP contribution in [-0.2, 0) is 6.42 Å². The van der Waals surface area contributed by atoms with Crippen LogP contribution in [0.4, 0.5) is 23.7 Å². The number of allylic oxidation sites excluding steroid dienone is 1. The molecule has 0 bridgehead atoms. The van der Waals surface area contributed by atoms with Gasteiger partial charge >= 0.3 is 12.2 Å². The summed E-state index contributed by atoms with van der Waals surface area (Å²) >= 11 is 0. The predicted octanol–water partition coefficient (Wildman–Crippen LogP) is 5.62. The summed E-state index contributed by atoms with van der Waals surface area (Å²) in [5.41, 5.74) is 11.4. The topological polar surface area (TPSA) is 115 Å². The Labute approximate surface area is 227 Å². The van der Waals surface area contributed by atoms with Crippen molar-refractivity contribution in [2.75, 3.05) is 19.7 Å². The molecule has 3 rings (SSSR count). The van der Waals surface area contributed by atoms with E-state index in [2.05, 4.69) is 5.32 Å². The molecule has 0 aliphatic heterocycles. The first-order valence-electron chi connectivity index (χ1n) is 13.0. The molecule has 1 aliphatic carbocycles. The maximum atomic E-state index is 13.1. The molecule has 39 heavy (non-hydrogen) atoms. The fraction of sp³-hybridized carbons (Fsp3) is 0.414. The Morgan fingerprint density at radius 2 is 1.95 bits per heavy atom. The summed E-state index contributed by atoms with van der Waals surface area (Å²) in [7, 11) is 0. The van der Waals surface area contributed by atoms with Crippen LogP contribution in [-0.4, -0.2) is 53.5 Å². The molecular formula is C29H36F3N5O2. The number of aliphatic hydroxyl groups excluding tert-OH is 1. The Bertz CT molecular complexity index is 1220. The molecule has 1 atom stereocenters. The number of halogens is 3. The minimum absolute atomic E-state index is 0.0201. The molecule has 0 aromatic heterocycles. The number of benzene rings is 2. The van der Waals surface area contributed by atoms with Crippen molar-refractivity contribution < 1.29 is 23.1 Å².